The Kier molecular flexibility index (Phi) is 5.42. The lowest BCUT2D eigenvalue weighted by Crippen LogP contribution is -2.38. The number of aromatic nitrogens is 1. The number of sulfonamides is 1. The third kappa shape index (κ3) is 4.55. The zero-order valence-electron chi connectivity index (χ0n) is 13.5. The highest BCUT2D eigenvalue weighted by molar-refractivity contribution is 7.90. The Hall–Kier alpha value is -1.87. The molecule has 1 aliphatic heterocycles. The van der Waals surface area contributed by atoms with Gasteiger partial charge in [-0.15, -0.1) is 0 Å². The van der Waals surface area contributed by atoms with Gasteiger partial charge in [0.1, 0.15) is 11.9 Å². The predicted octanol–water partition coefficient (Wildman–Crippen LogP) is -0.323. The van der Waals surface area contributed by atoms with Gasteiger partial charge < -0.3 is 14.5 Å². The number of nitrogens with zero attached hydrogens (tertiary/aromatic N) is 3. The van der Waals surface area contributed by atoms with Crippen LogP contribution in [0.4, 0.5) is 5.82 Å². The molecule has 0 radical (unpaired) electrons. The first-order valence-electron chi connectivity index (χ1n) is 7.30. The van der Waals surface area contributed by atoms with Gasteiger partial charge in [-0.05, 0) is 19.2 Å². The number of amides is 1. The average molecular weight is 342 g/mol. The van der Waals surface area contributed by atoms with Crippen molar-refractivity contribution in [2.45, 2.75) is 12.5 Å². The number of rotatable bonds is 6. The van der Waals surface area contributed by atoms with Gasteiger partial charge in [-0.2, -0.15) is 0 Å². The summed E-state index contributed by atoms with van der Waals surface area (Å²) >= 11 is 0. The molecule has 1 aromatic rings. The van der Waals surface area contributed by atoms with Crippen LogP contribution in [0.15, 0.2) is 18.3 Å². The van der Waals surface area contributed by atoms with Crippen LogP contribution in [0.2, 0.25) is 0 Å². The highest BCUT2D eigenvalue weighted by Crippen LogP contribution is 2.26. The van der Waals surface area contributed by atoms with Gasteiger partial charge in [0.25, 0.3) is 0 Å². The number of likely N-dealkylation sites (tertiary alicyclic amines) is 1. The standard InChI is InChI=1S/C14H22N4O4S/c1-15-23(20,21)10-13(19)18-8-6-11(9-18)22-12-5-4-7-16-14(12)17(2)3/h4-5,7,11,15H,6,8-10H2,1-3H3/t11-/m1/s1. The lowest BCUT2D eigenvalue weighted by Gasteiger charge is -2.20. The van der Waals surface area contributed by atoms with Gasteiger partial charge in [-0.3, -0.25) is 4.79 Å². The van der Waals surface area contributed by atoms with Gasteiger partial charge in [0.2, 0.25) is 15.9 Å². The number of hydrogen-bond acceptors (Lipinski definition) is 6. The third-order valence-corrected chi connectivity index (χ3v) is 4.84. The lowest BCUT2D eigenvalue weighted by molar-refractivity contribution is -0.127. The van der Waals surface area contributed by atoms with Crippen LogP contribution < -0.4 is 14.4 Å². The smallest absolute Gasteiger partial charge is 0.239 e. The number of anilines is 1. The SMILES string of the molecule is CNS(=O)(=O)CC(=O)N1CC[C@@H](Oc2cccnc2N(C)C)C1. The molecular formula is C14H22N4O4S. The van der Waals surface area contributed by atoms with E-state index >= 15 is 0 Å². The summed E-state index contributed by atoms with van der Waals surface area (Å²) in [4.78, 5) is 19.7. The topological polar surface area (TPSA) is 91.8 Å². The summed E-state index contributed by atoms with van der Waals surface area (Å²) in [5.41, 5.74) is 0. The van der Waals surface area contributed by atoms with E-state index < -0.39 is 21.7 Å². The van der Waals surface area contributed by atoms with Gasteiger partial charge in [-0.25, -0.2) is 18.1 Å². The molecule has 23 heavy (non-hydrogen) atoms. The molecule has 128 valence electrons. The van der Waals surface area contributed by atoms with Crippen LogP contribution in [0.25, 0.3) is 0 Å². The quantitative estimate of drug-likeness (QED) is 0.762. The Morgan fingerprint density at radius 1 is 1.52 bits per heavy atom. The summed E-state index contributed by atoms with van der Waals surface area (Å²) in [7, 11) is 1.50. The molecule has 0 bridgehead atoms. The molecule has 1 atom stereocenters. The molecule has 1 N–H and O–H groups in total. The Morgan fingerprint density at radius 3 is 2.91 bits per heavy atom. The first kappa shape index (κ1) is 17.5. The van der Waals surface area contributed by atoms with Gasteiger partial charge in [0, 0.05) is 33.3 Å². The molecular weight excluding hydrogens is 320 g/mol. The van der Waals surface area contributed by atoms with Crippen molar-refractivity contribution in [3.63, 3.8) is 0 Å². The maximum Gasteiger partial charge on any atom is 0.239 e. The van der Waals surface area contributed by atoms with Crippen molar-refractivity contribution in [1.82, 2.24) is 14.6 Å². The summed E-state index contributed by atoms with van der Waals surface area (Å²) in [6.07, 6.45) is 2.18. The fraction of sp³-hybridized carbons (Fsp3) is 0.571. The third-order valence-electron chi connectivity index (χ3n) is 3.59. The summed E-state index contributed by atoms with van der Waals surface area (Å²) in [5.74, 6) is 0.422. The number of ether oxygens (including phenoxy) is 1. The van der Waals surface area contributed by atoms with E-state index in [1.165, 1.54) is 11.9 Å². The minimum absolute atomic E-state index is 0.167. The summed E-state index contributed by atoms with van der Waals surface area (Å²) in [6, 6.07) is 3.62. The molecule has 1 saturated heterocycles. The minimum Gasteiger partial charge on any atom is -0.485 e. The first-order chi connectivity index (χ1) is 10.8. The number of hydrogen-bond donors (Lipinski definition) is 1. The number of nitrogens with one attached hydrogen (secondary N) is 1. The molecule has 1 fully saturated rings. The summed E-state index contributed by atoms with van der Waals surface area (Å²) < 4.78 is 31.0. The van der Waals surface area contributed by atoms with E-state index in [-0.39, 0.29) is 6.10 Å². The van der Waals surface area contributed by atoms with Crippen molar-refractivity contribution >= 4 is 21.7 Å². The maximum atomic E-state index is 12.0. The molecule has 0 aromatic carbocycles. The van der Waals surface area contributed by atoms with Crippen molar-refractivity contribution in [2.24, 2.45) is 0 Å². The zero-order chi connectivity index (χ0) is 17.0. The van der Waals surface area contributed by atoms with Crippen LogP contribution in [0, 0.1) is 0 Å². The fourth-order valence-corrected chi connectivity index (χ4v) is 3.02. The number of pyridine rings is 1. The molecule has 2 rings (SSSR count). The van der Waals surface area contributed by atoms with E-state index in [1.54, 1.807) is 12.3 Å². The summed E-state index contributed by atoms with van der Waals surface area (Å²) in [6.45, 7) is 0.861. The largest absolute Gasteiger partial charge is 0.485 e. The molecule has 0 spiro atoms. The van der Waals surface area contributed by atoms with E-state index in [0.29, 0.717) is 25.3 Å². The van der Waals surface area contributed by atoms with Crippen LogP contribution >= 0.6 is 0 Å². The highest BCUT2D eigenvalue weighted by atomic mass is 32.2. The van der Waals surface area contributed by atoms with E-state index in [2.05, 4.69) is 9.71 Å². The molecule has 1 amide bonds. The zero-order valence-corrected chi connectivity index (χ0v) is 14.3. The van der Waals surface area contributed by atoms with Gasteiger partial charge in [0.05, 0.1) is 6.54 Å². The van der Waals surface area contributed by atoms with Gasteiger partial charge in [-0.1, -0.05) is 0 Å². The summed E-state index contributed by atoms with van der Waals surface area (Å²) in [5, 5.41) is 0. The van der Waals surface area contributed by atoms with Gasteiger partial charge >= 0.3 is 0 Å². The highest BCUT2D eigenvalue weighted by Gasteiger charge is 2.30. The molecule has 0 aliphatic carbocycles. The fourth-order valence-electron chi connectivity index (χ4n) is 2.37. The molecule has 0 unspecified atom stereocenters. The Labute approximate surface area is 136 Å². The van der Waals surface area contributed by atoms with E-state index in [9.17, 15) is 13.2 Å². The van der Waals surface area contributed by atoms with E-state index in [4.69, 9.17) is 4.74 Å². The van der Waals surface area contributed by atoms with Crippen LogP contribution in [0.5, 0.6) is 5.75 Å². The van der Waals surface area contributed by atoms with Crippen LogP contribution in [0.3, 0.4) is 0 Å². The lowest BCUT2D eigenvalue weighted by atomic mass is 10.3. The van der Waals surface area contributed by atoms with Crippen LogP contribution in [0.1, 0.15) is 6.42 Å². The molecule has 9 heteroatoms. The van der Waals surface area contributed by atoms with Crippen LogP contribution in [-0.2, 0) is 14.8 Å². The van der Waals surface area contributed by atoms with E-state index in [1.807, 2.05) is 25.1 Å². The minimum atomic E-state index is -3.55. The van der Waals surface area contributed by atoms with Crippen LogP contribution in [-0.4, -0.2) is 70.3 Å². The van der Waals surface area contributed by atoms with Crippen molar-refractivity contribution in [2.75, 3.05) is 44.9 Å². The van der Waals surface area contributed by atoms with Gasteiger partial charge in [0.15, 0.2) is 11.6 Å². The average Bonchev–Trinajstić information content (AvgIpc) is 2.96. The van der Waals surface area contributed by atoms with E-state index in [0.717, 1.165) is 5.82 Å². The molecule has 1 aromatic heterocycles. The van der Waals surface area contributed by atoms with Crippen molar-refractivity contribution in [3.05, 3.63) is 18.3 Å². The molecule has 8 nitrogen and oxygen atoms in total. The Morgan fingerprint density at radius 2 is 2.26 bits per heavy atom. The second kappa shape index (κ2) is 7.14. The number of carbonyl (C=O) groups is 1. The monoisotopic (exact) mass is 342 g/mol. The first-order valence-corrected chi connectivity index (χ1v) is 8.95. The second-order valence-electron chi connectivity index (χ2n) is 5.55. The predicted molar refractivity (Wildman–Crippen MR) is 87.0 cm³/mol. The maximum absolute atomic E-state index is 12.0. The Balaban J connectivity index is 1.97. The Bertz CT molecular complexity index is 662. The second-order valence-corrected chi connectivity index (χ2v) is 7.48. The van der Waals surface area contributed by atoms with Crippen molar-refractivity contribution < 1.29 is 17.9 Å². The molecule has 1 aliphatic rings. The molecule has 2 heterocycles. The van der Waals surface area contributed by atoms with Crippen molar-refractivity contribution in [1.29, 1.82) is 0 Å². The number of carbonyl (C=O) groups excluding carboxylic acids is 1. The normalized spacial score (nSPS) is 18.0. The van der Waals surface area contributed by atoms with Crippen molar-refractivity contribution in [3.8, 4) is 5.75 Å². The molecule has 0 saturated carbocycles.